The van der Waals surface area contributed by atoms with E-state index in [4.69, 9.17) is 23.1 Å². The van der Waals surface area contributed by atoms with Crippen LogP contribution in [0.5, 0.6) is 0 Å². The summed E-state index contributed by atoms with van der Waals surface area (Å²) in [4.78, 5) is 7.47. The highest BCUT2D eigenvalue weighted by molar-refractivity contribution is 6.30. The average Bonchev–Trinajstić information content (AvgIpc) is 2.80. The van der Waals surface area contributed by atoms with Gasteiger partial charge in [-0.25, -0.2) is 14.4 Å². The van der Waals surface area contributed by atoms with Crippen molar-refractivity contribution in [2.45, 2.75) is 99.5 Å². The van der Waals surface area contributed by atoms with Gasteiger partial charge in [-0.1, -0.05) is 76.4 Å². The van der Waals surface area contributed by atoms with Crippen molar-refractivity contribution in [3.8, 4) is 0 Å². The fourth-order valence-electron chi connectivity index (χ4n) is 3.38. The van der Waals surface area contributed by atoms with Gasteiger partial charge in [0.1, 0.15) is 11.3 Å². The van der Waals surface area contributed by atoms with Crippen molar-refractivity contribution in [3.05, 3.63) is 45.9 Å². The first-order valence-corrected chi connectivity index (χ1v) is 12.5. The summed E-state index contributed by atoms with van der Waals surface area (Å²) in [6.45, 7) is 16.1. The zero-order valence-corrected chi connectivity index (χ0v) is 23.7. The lowest BCUT2D eigenvalue weighted by atomic mass is 9.69. The summed E-state index contributed by atoms with van der Waals surface area (Å²) in [6, 6.07) is 0. The van der Waals surface area contributed by atoms with E-state index in [0.29, 0.717) is 17.6 Å². The quantitative estimate of drug-likeness (QED) is 0.169. The molecular weight excluding hydrogens is 496 g/mol. The Morgan fingerprint density at radius 1 is 1.19 bits per heavy atom. The van der Waals surface area contributed by atoms with Gasteiger partial charge < -0.3 is 16.6 Å². The molecule has 1 rings (SSSR count). The van der Waals surface area contributed by atoms with Gasteiger partial charge in [0.15, 0.2) is 5.60 Å². The van der Waals surface area contributed by atoms with Gasteiger partial charge in [-0.3, -0.25) is 0 Å². The molecule has 3 atom stereocenters. The third-order valence-corrected chi connectivity index (χ3v) is 6.03. The number of nitrogens with zero attached hydrogens (tertiary/aromatic N) is 2. The number of nitrogens with two attached hydrogens (primary N) is 2. The fourth-order valence-corrected chi connectivity index (χ4v) is 3.57. The average molecular weight is 539 g/mol. The predicted molar refractivity (Wildman–Crippen MR) is 143 cm³/mol. The van der Waals surface area contributed by atoms with Gasteiger partial charge >= 0.3 is 6.18 Å². The molecule has 208 valence electrons. The largest absolute Gasteiger partial charge is 0.417 e. The van der Waals surface area contributed by atoms with E-state index in [1.807, 2.05) is 27.7 Å². The van der Waals surface area contributed by atoms with E-state index in [-0.39, 0.29) is 22.4 Å². The molecule has 0 amide bonds. The fraction of sp³-hybridized carbons (Fsp3) is 0.615. The van der Waals surface area contributed by atoms with Crippen LogP contribution in [0.15, 0.2) is 35.2 Å². The van der Waals surface area contributed by atoms with Crippen molar-refractivity contribution in [1.82, 2.24) is 9.97 Å². The summed E-state index contributed by atoms with van der Waals surface area (Å²) in [7, 11) is 0. The monoisotopic (exact) mass is 538 g/mol. The standard InChI is InChI=1S/C22H31ClF4N4O.2C2H6/c1-6-20(5,15(4)13(2)7-8-14(3)24)12-21(32,22(25,26)27)10-17(28)9-16-11-30-19(29)31-18(16)23;2*1-2/h7-9,11,14,32H,6,10,12,28H2,1-5H3,(H2,29,30,31);2*1-2H3/b8-7-,15-13+,17-9-;;. The molecule has 1 aromatic rings. The van der Waals surface area contributed by atoms with E-state index < -0.39 is 36.2 Å². The Labute approximate surface area is 218 Å². The van der Waals surface area contributed by atoms with Crippen molar-refractivity contribution >= 4 is 23.6 Å². The van der Waals surface area contributed by atoms with Gasteiger partial charge in [0.25, 0.3) is 0 Å². The van der Waals surface area contributed by atoms with Crippen molar-refractivity contribution in [2.24, 2.45) is 11.1 Å². The van der Waals surface area contributed by atoms with Crippen LogP contribution in [0.3, 0.4) is 0 Å². The molecule has 1 aromatic heterocycles. The number of halogens is 5. The second-order valence-electron chi connectivity index (χ2n) is 8.34. The van der Waals surface area contributed by atoms with Crippen molar-refractivity contribution in [1.29, 1.82) is 0 Å². The maximum Gasteiger partial charge on any atom is 0.417 e. The highest BCUT2D eigenvalue weighted by atomic mass is 35.5. The van der Waals surface area contributed by atoms with E-state index in [9.17, 15) is 22.7 Å². The lowest BCUT2D eigenvalue weighted by molar-refractivity contribution is -0.268. The highest BCUT2D eigenvalue weighted by Crippen LogP contribution is 2.48. The van der Waals surface area contributed by atoms with Crippen LogP contribution in [0, 0.1) is 5.41 Å². The number of allylic oxidation sites excluding steroid dienone is 4. The molecular formula is C26H43ClF4N4O. The highest BCUT2D eigenvalue weighted by Gasteiger charge is 2.56. The molecule has 0 bridgehead atoms. The van der Waals surface area contributed by atoms with Gasteiger partial charge in [-0.15, -0.1) is 0 Å². The number of aromatic nitrogens is 2. The molecule has 10 heteroatoms. The molecule has 0 aliphatic rings. The number of aliphatic hydroxyl groups is 1. The van der Waals surface area contributed by atoms with Crippen molar-refractivity contribution in [2.75, 3.05) is 5.73 Å². The first kappa shape index (κ1) is 36.0. The second-order valence-corrected chi connectivity index (χ2v) is 8.69. The first-order chi connectivity index (χ1) is 16.5. The first-order valence-electron chi connectivity index (χ1n) is 12.1. The predicted octanol–water partition coefficient (Wildman–Crippen LogP) is 7.80. The number of nitrogen functional groups attached to an aromatic ring is 1. The number of hydrogen-bond donors (Lipinski definition) is 3. The van der Waals surface area contributed by atoms with Crippen LogP contribution in [0.2, 0.25) is 5.15 Å². The van der Waals surface area contributed by atoms with Gasteiger partial charge in [0.05, 0.1) is 0 Å². The SMILES string of the molecule is CC.CC.CCC(C)(CC(O)(C/C(N)=C/c1cnc(N)nc1Cl)C(F)(F)F)/C(C)=C(C)/C=C\C(C)F. The minimum absolute atomic E-state index is 0.0716. The third kappa shape index (κ3) is 10.9. The van der Waals surface area contributed by atoms with Crippen LogP contribution < -0.4 is 11.5 Å². The van der Waals surface area contributed by atoms with Crippen LogP contribution in [0.4, 0.5) is 23.5 Å². The van der Waals surface area contributed by atoms with Gasteiger partial charge in [-0.2, -0.15) is 13.2 Å². The molecule has 0 aliphatic carbocycles. The van der Waals surface area contributed by atoms with Crippen LogP contribution in [-0.4, -0.2) is 33.0 Å². The van der Waals surface area contributed by atoms with Crippen LogP contribution >= 0.6 is 11.6 Å². The van der Waals surface area contributed by atoms with E-state index in [1.54, 1.807) is 27.7 Å². The molecule has 36 heavy (non-hydrogen) atoms. The molecule has 3 unspecified atom stereocenters. The number of hydrogen-bond acceptors (Lipinski definition) is 5. The lowest BCUT2D eigenvalue weighted by Gasteiger charge is -2.40. The Balaban J connectivity index is 0. The second kappa shape index (κ2) is 15.9. The summed E-state index contributed by atoms with van der Waals surface area (Å²) in [5.41, 5.74) is 8.33. The minimum Gasteiger partial charge on any atom is -0.402 e. The number of anilines is 1. The van der Waals surface area contributed by atoms with E-state index in [1.165, 1.54) is 31.3 Å². The van der Waals surface area contributed by atoms with Crippen LogP contribution in [-0.2, 0) is 0 Å². The Bertz CT molecular complexity index is 900. The topological polar surface area (TPSA) is 98.0 Å². The van der Waals surface area contributed by atoms with Crippen molar-refractivity contribution in [3.63, 3.8) is 0 Å². The van der Waals surface area contributed by atoms with E-state index in [0.717, 1.165) is 0 Å². The van der Waals surface area contributed by atoms with Crippen LogP contribution in [0.25, 0.3) is 6.08 Å². The minimum atomic E-state index is -4.96. The van der Waals surface area contributed by atoms with Gasteiger partial charge in [0, 0.05) is 23.9 Å². The number of rotatable bonds is 9. The molecule has 5 N–H and O–H groups in total. The Morgan fingerprint density at radius 3 is 2.14 bits per heavy atom. The van der Waals surface area contributed by atoms with Gasteiger partial charge in [0.2, 0.25) is 5.95 Å². The van der Waals surface area contributed by atoms with Gasteiger partial charge in [-0.05, 0) is 45.1 Å². The zero-order valence-electron chi connectivity index (χ0n) is 22.9. The normalized spacial score (nSPS) is 17.0. The Kier molecular flexibility index (Phi) is 15.9. The molecule has 0 radical (unpaired) electrons. The molecule has 0 fully saturated rings. The molecule has 0 aromatic carbocycles. The maximum atomic E-state index is 14.0. The zero-order chi connectivity index (χ0) is 28.9. The molecule has 0 aliphatic heterocycles. The Morgan fingerprint density at radius 2 is 1.72 bits per heavy atom. The summed E-state index contributed by atoms with van der Waals surface area (Å²) < 4.78 is 55.3. The van der Waals surface area contributed by atoms with E-state index in [2.05, 4.69) is 9.97 Å². The summed E-state index contributed by atoms with van der Waals surface area (Å²) in [5, 5.41) is 10.7. The molecule has 5 nitrogen and oxygen atoms in total. The van der Waals surface area contributed by atoms with E-state index >= 15 is 0 Å². The summed E-state index contributed by atoms with van der Waals surface area (Å²) >= 11 is 5.94. The molecule has 0 spiro atoms. The summed E-state index contributed by atoms with van der Waals surface area (Å²) in [6.07, 6.45) is -2.07. The number of alkyl halides is 4. The van der Waals surface area contributed by atoms with Crippen LogP contribution in [0.1, 0.15) is 87.1 Å². The molecule has 1 heterocycles. The molecule has 0 saturated carbocycles. The lowest BCUT2D eigenvalue weighted by Crippen LogP contribution is -2.49. The molecule has 0 saturated heterocycles. The smallest absolute Gasteiger partial charge is 0.402 e. The maximum absolute atomic E-state index is 14.0. The summed E-state index contributed by atoms with van der Waals surface area (Å²) in [5.74, 6) is -0.0925. The Hall–Kier alpha value is -2.13. The third-order valence-electron chi connectivity index (χ3n) is 5.72. The van der Waals surface area contributed by atoms with Crippen molar-refractivity contribution < 1.29 is 22.7 Å².